The number of aromatic amines is 1. The topological polar surface area (TPSA) is 104 Å². The van der Waals surface area contributed by atoms with E-state index in [1.165, 1.54) is 0 Å². The molecular weight excluding hydrogens is 468 g/mol. The summed E-state index contributed by atoms with van der Waals surface area (Å²) in [6.45, 7) is 4.97. The number of nitrogens with one attached hydrogen (secondary N) is 3. The van der Waals surface area contributed by atoms with Crippen molar-refractivity contribution < 1.29 is 19.1 Å². The van der Waals surface area contributed by atoms with Gasteiger partial charge in [0, 0.05) is 41.7 Å². The largest absolute Gasteiger partial charge is 0.376 e. The minimum absolute atomic E-state index is 0.0209. The van der Waals surface area contributed by atoms with E-state index in [4.69, 9.17) is 4.74 Å². The van der Waals surface area contributed by atoms with Crippen molar-refractivity contribution in [2.75, 3.05) is 13.2 Å². The highest BCUT2D eigenvalue weighted by Crippen LogP contribution is 2.46. The van der Waals surface area contributed by atoms with E-state index in [2.05, 4.69) is 15.6 Å². The van der Waals surface area contributed by atoms with E-state index in [9.17, 15) is 14.4 Å². The summed E-state index contributed by atoms with van der Waals surface area (Å²) >= 11 is 0. The van der Waals surface area contributed by atoms with E-state index in [-0.39, 0.29) is 35.8 Å². The zero-order chi connectivity index (χ0) is 25.7. The summed E-state index contributed by atoms with van der Waals surface area (Å²) in [5, 5.41) is 7.01. The molecule has 2 aromatic carbocycles. The molecule has 0 aliphatic carbocycles. The first kappa shape index (κ1) is 23.7. The third kappa shape index (κ3) is 4.00. The fraction of sp³-hybridized carbons (Fsp3) is 0.414. The highest BCUT2D eigenvalue weighted by molar-refractivity contribution is 6.04. The smallest absolute Gasteiger partial charge is 0.255 e. The number of ether oxygens (including phenoxy) is 1. The Morgan fingerprint density at radius 2 is 1.92 bits per heavy atom. The third-order valence-electron chi connectivity index (χ3n) is 7.93. The van der Waals surface area contributed by atoms with E-state index < -0.39 is 12.1 Å². The van der Waals surface area contributed by atoms with Gasteiger partial charge < -0.3 is 25.3 Å². The van der Waals surface area contributed by atoms with Gasteiger partial charge in [-0.05, 0) is 42.0 Å². The molecule has 37 heavy (non-hydrogen) atoms. The summed E-state index contributed by atoms with van der Waals surface area (Å²) in [5.74, 6) is -0.819. The Morgan fingerprint density at radius 3 is 2.70 bits per heavy atom. The number of carbonyl (C=O) groups excluding carboxylic acids is 3. The van der Waals surface area contributed by atoms with Crippen LogP contribution in [-0.4, -0.2) is 58.9 Å². The van der Waals surface area contributed by atoms with Gasteiger partial charge in [-0.3, -0.25) is 14.4 Å². The molecule has 6 rings (SSSR count). The van der Waals surface area contributed by atoms with Crippen LogP contribution in [0.1, 0.15) is 59.9 Å². The van der Waals surface area contributed by atoms with Gasteiger partial charge in [0.15, 0.2) is 0 Å². The number of amides is 3. The van der Waals surface area contributed by atoms with Crippen molar-refractivity contribution in [3.05, 3.63) is 70.9 Å². The molecule has 3 aliphatic heterocycles. The molecule has 0 saturated carbocycles. The highest BCUT2D eigenvalue weighted by Gasteiger charge is 2.49. The Bertz CT molecular complexity index is 1370. The van der Waals surface area contributed by atoms with E-state index >= 15 is 0 Å². The van der Waals surface area contributed by atoms with Gasteiger partial charge in [0.1, 0.15) is 12.1 Å². The van der Waals surface area contributed by atoms with Crippen LogP contribution >= 0.6 is 0 Å². The Kier molecular flexibility index (Phi) is 5.99. The van der Waals surface area contributed by atoms with Crippen molar-refractivity contribution >= 4 is 28.6 Å². The fourth-order valence-electron chi connectivity index (χ4n) is 6.05. The number of fused-ring (bicyclic) bond motifs is 7. The standard InChI is InChI=1S/C29H32N4O4/c1-16(2)24(28(35)30-15-17-8-7-13-37-17)32-27(34)23-14-21-18-9-5-6-12-22(18)31-25(21)26-19-10-3-4-11-20(19)29(36)33(23)26/h3-6,9-12,16-17,23-24,26,31H,7-8,13-15H2,1-2H3,(H,30,35)(H,32,34)/t17-,23-,24-,26-/m0/s1. The maximum absolute atomic E-state index is 13.9. The Morgan fingerprint density at radius 1 is 1.14 bits per heavy atom. The van der Waals surface area contributed by atoms with Crippen LogP contribution in [-0.2, 0) is 20.7 Å². The van der Waals surface area contributed by atoms with Crippen molar-refractivity contribution in [3.8, 4) is 0 Å². The SMILES string of the molecule is CC(C)[C@H](NC(=O)[C@@H]1Cc2c([nH]c3ccccc23)[C@@H]2c3ccccc3C(=O)N21)C(=O)NC[C@@H]1CCCO1. The van der Waals surface area contributed by atoms with Crippen molar-refractivity contribution in [3.63, 3.8) is 0 Å². The maximum Gasteiger partial charge on any atom is 0.255 e. The van der Waals surface area contributed by atoms with E-state index in [1.807, 2.05) is 62.4 Å². The molecule has 8 nitrogen and oxygen atoms in total. The van der Waals surface area contributed by atoms with Crippen molar-refractivity contribution in [1.29, 1.82) is 0 Å². The van der Waals surface area contributed by atoms with Gasteiger partial charge in [0.25, 0.3) is 5.91 Å². The predicted octanol–water partition coefficient (Wildman–Crippen LogP) is 3.07. The van der Waals surface area contributed by atoms with Gasteiger partial charge in [-0.1, -0.05) is 50.2 Å². The van der Waals surface area contributed by atoms with Crippen LogP contribution in [0.5, 0.6) is 0 Å². The van der Waals surface area contributed by atoms with Gasteiger partial charge in [0.2, 0.25) is 11.8 Å². The lowest BCUT2D eigenvalue weighted by molar-refractivity contribution is -0.133. The van der Waals surface area contributed by atoms with Crippen LogP contribution in [0.3, 0.4) is 0 Å². The molecule has 0 unspecified atom stereocenters. The van der Waals surface area contributed by atoms with Gasteiger partial charge >= 0.3 is 0 Å². The predicted molar refractivity (Wildman–Crippen MR) is 139 cm³/mol. The monoisotopic (exact) mass is 500 g/mol. The van der Waals surface area contributed by atoms with Crippen LogP contribution in [0.15, 0.2) is 48.5 Å². The third-order valence-corrected chi connectivity index (χ3v) is 7.93. The first-order chi connectivity index (χ1) is 17.9. The normalized spacial score (nSPS) is 23.1. The molecule has 0 radical (unpaired) electrons. The molecule has 1 saturated heterocycles. The van der Waals surface area contributed by atoms with Crippen molar-refractivity contribution in [1.82, 2.24) is 20.5 Å². The minimum atomic E-state index is -0.733. The first-order valence-corrected chi connectivity index (χ1v) is 13.1. The highest BCUT2D eigenvalue weighted by atomic mass is 16.5. The molecule has 3 aliphatic rings. The average Bonchev–Trinajstić information content (AvgIpc) is 3.62. The fourth-order valence-corrected chi connectivity index (χ4v) is 6.05. The van der Waals surface area contributed by atoms with Crippen LogP contribution in [0.25, 0.3) is 10.9 Å². The number of benzene rings is 2. The second-order valence-electron chi connectivity index (χ2n) is 10.6. The lowest BCUT2D eigenvalue weighted by atomic mass is 9.89. The summed E-state index contributed by atoms with van der Waals surface area (Å²) < 4.78 is 5.62. The van der Waals surface area contributed by atoms with E-state index in [0.29, 0.717) is 18.5 Å². The minimum Gasteiger partial charge on any atom is -0.376 e. The van der Waals surface area contributed by atoms with Gasteiger partial charge in [-0.2, -0.15) is 0 Å². The number of hydrogen-bond acceptors (Lipinski definition) is 4. The maximum atomic E-state index is 13.9. The number of H-pyrrole nitrogens is 1. The number of nitrogens with zero attached hydrogens (tertiary/aromatic N) is 1. The van der Waals surface area contributed by atoms with Gasteiger partial charge in [-0.15, -0.1) is 0 Å². The second kappa shape index (κ2) is 9.34. The molecule has 3 N–H and O–H groups in total. The number of para-hydroxylation sites is 1. The molecule has 3 aromatic rings. The molecule has 1 aromatic heterocycles. The number of hydrogen-bond donors (Lipinski definition) is 3. The molecular formula is C29H32N4O4. The van der Waals surface area contributed by atoms with Crippen molar-refractivity contribution in [2.45, 2.75) is 57.3 Å². The summed E-state index contributed by atoms with van der Waals surface area (Å²) in [7, 11) is 0. The Labute approximate surface area is 215 Å². The Hall–Kier alpha value is -3.65. The first-order valence-electron chi connectivity index (χ1n) is 13.1. The van der Waals surface area contributed by atoms with E-state index in [0.717, 1.165) is 47.2 Å². The second-order valence-corrected chi connectivity index (χ2v) is 10.6. The zero-order valence-electron chi connectivity index (χ0n) is 21.1. The van der Waals surface area contributed by atoms with Crippen LogP contribution < -0.4 is 10.6 Å². The molecule has 0 bridgehead atoms. The summed E-state index contributed by atoms with van der Waals surface area (Å²) in [5.41, 5.74) is 4.50. The lowest BCUT2D eigenvalue weighted by Crippen LogP contribution is -2.58. The van der Waals surface area contributed by atoms with E-state index in [1.54, 1.807) is 4.90 Å². The van der Waals surface area contributed by atoms with Crippen LogP contribution in [0.4, 0.5) is 0 Å². The number of rotatable bonds is 6. The number of carbonyl (C=O) groups is 3. The molecule has 8 heteroatoms. The summed E-state index contributed by atoms with van der Waals surface area (Å²) in [4.78, 5) is 45.8. The zero-order valence-corrected chi connectivity index (χ0v) is 21.1. The molecule has 0 spiro atoms. The lowest BCUT2D eigenvalue weighted by Gasteiger charge is -2.38. The summed E-state index contributed by atoms with van der Waals surface area (Å²) in [6, 6.07) is 13.8. The summed E-state index contributed by atoms with van der Waals surface area (Å²) in [6.07, 6.45) is 2.32. The number of aromatic nitrogens is 1. The molecule has 4 atom stereocenters. The molecule has 1 fully saturated rings. The van der Waals surface area contributed by atoms with Crippen LogP contribution in [0.2, 0.25) is 0 Å². The van der Waals surface area contributed by atoms with Crippen molar-refractivity contribution in [2.24, 2.45) is 5.92 Å². The average molecular weight is 501 g/mol. The van der Waals surface area contributed by atoms with Gasteiger partial charge in [0.05, 0.1) is 12.1 Å². The Balaban J connectivity index is 1.31. The quantitative estimate of drug-likeness (QED) is 0.484. The molecule has 3 amide bonds. The molecule has 192 valence electrons. The van der Waals surface area contributed by atoms with Gasteiger partial charge in [-0.25, -0.2) is 0 Å². The molecule has 4 heterocycles. The van der Waals surface area contributed by atoms with Crippen LogP contribution in [0, 0.1) is 5.92 Å².